The molecule has 3 N–H and O–H groups in total. The molecule has 14 heavy (non-hydrogen) atoms. The first-order valence-corrected chi connectivity index (χ1v) is 6.85. The van der Waals surface area contributed by atoms with Gasteiger partial charge in [-0.1, -0.05) is 4.89 Å². The van der Waals surface area contributed by atoms with Gasteiger partial charge in [0.05, 0.1) is 5.75 Å². The van der Waals surface area contributed by atoms with Gasteiger partial charge in [0.25, 0.3) is 10.0 Å². The monoisotopic (exact) mass is 257 g/mol. The third-order valence-electron chi connectivity index (χ3n) is 1.29. The van der Waals surface area contributed by atoms with E-state index in [0.29, 0.717) is 4.88 Å². The van der Waals surface area contributed by atoms with Crippen LogP contribution in [0.4, 0.5) is 0 Å². The van der Waals surface area contributed by atoms with Crippen LogP contribution < -0.4 is 4.89 Å². The molecule has 0 fully saturated rings. The third-order valence-corrected chi connectivity index (χ3v) is 4.72. The van der Waals surface area contributed by atoms with E-state index < -0.39 is 21.1 Å². The molecule has 6 nitrogen and oxygen atoms in total. The Hall–Kier alpha value is -0.320. The summed E-state index contributed by atoms with van der Waals surface area (Å²) in [7, 11) is -3.87. The summed E-state index contributed by atoms with van der Waals surface area (Å²) in [5.74, 6) is -0.119. The van der Waals surface area contributed by atoms with Gasteiger partial charge < -0.3 is 9.76 Å². The first kappa shape index (κ1) is 11.8. The van der Waals surface area contributed by atoms with Crippen LogP contribution in [-0.2, 0) is 26.9 Å². The van der Waals surface area contributed by atoms with Crippen LogP contribution in [0.25, 0.3) is 0 Å². The first-order chi connectivity index (χ1) is 6.45. The molecular weight excluding hydrogens is 250 g/mol. The van der Waals surface area contributed by atoms with Crippen LogP contribution in [0, 0.1) is 0 Å². The van der Waals surface area contributed by atoms with Crippen LogP contribution >= 0.6 is 11.3 Å². The lowest BCUT2D eigenvalue weighted by Gasteiger charge is -1.94. The summed E-state index contributed by atoms with van der Waals surface area (Å²) in [5.41, 5.74) is 0. The standard InChI is InChI=1S/C5H7NO5S3/c7-6-14(10,11)5-2-1-4(12-5)3-13(8)9/h1-2,6-7H,3H2,(H,8,9). The van der Waals surface area contributed by atoms with Crippen molar-refractivity contribution >= 4 is 32.4 Å². The lowest BCUT2D eigenvalue weighted by Crippen LogP contribution is -2.17. The van der Waals surface area contributed by atoms with Crippen molar-refractivity contribution < 1.29 is 22.4 Å². The van der Waals surface area contributed by atoms with Crippen LogP contribution in [-0.4, -0.2) is 22.4 Å². The average Bonchev–Trinajstić information content (AvgIpc) is 2.52. The predicted octanol–water partition coefficient (Wildman–Crippen LogP) is 0.137. The third kappa shape index (κ3) is 2.83. The molecule has 0 aliphatic heterocycles. The summed E-state index contributed by atoms with van der Waals surface area (Å²) in [4.78, 5) is 1.63. The van der Waals surface area contributed by atoms with Gasteiger partial charge in [0.1, 0.15) is 4.21 Å². The first-order valence-electron chi connectivity index (χ1n) is 3.28. The molecule has 0 radical (unpaired) electrons. The van der Waals surface area contributed by atoms with E-state index >= 15 is 0 Å². The smallest absolute Gasteiger partial charge is 0.271 e. The molecule has 0 aliphatic rings. The Bertz CT molecular complexity index is 436. The Labute approximate surface area is 86.9 Å². The highest BCUT2D eigenvalue weighted by molar-refractivity contribution is 7.91. The number of hydrogen-bond donors (Lipinski definition) is 3. The van der Waals surface area contributed by atoms with Crippen molar-refractivity contribution in [3.63, 3.8) is 0 Å². The highest BCUT2D eigenvalue weighted by Crippen LogP contribution is 2.21. The molecule has 1 aromatic rings. The molecule has 1 aromatic heterocycles. The largest absolute Gasteiger partial charge is 0.306 e. The number of nitrogens with one attached hydrogen (secondary N) is 1. The van der Waals surface area contributed by atoms with Gasteiger partial charge in [-0.25, -0.2) is 12.6 Å². The quantitative estimate of drug-likeness (QED) is 0.525. The molecule has 9 heteroatoms. The minimum atomic E-state index is -3.87. The Kier molecular flexibility index (Phi) is 3.75. The zero-order valence-electron chi connectivity index (χ0n) is 6.71. The van der Waals surface area contributed by atoms with Gasteiger partial charge in [0.2, 0.25) is 0 Å². The molecule has 1 heterocycles. The second-order valence-corrected chi connectivity index (χ2v) is 6.27. The van der Waals surface area contributed by atoms with Gasteiger partial charge in [0.15, 0.2) is 11.1 Å². The van der Waals surface area contributed by atoms with E-state index in [9.17, 15) is 12.6 Å². The van der Waals surface area contributed by atoms with E-state index in [-0.39, 0.29) is 9.96 Å². The lowest BCUT2D eigenvalue weighted by atomic mass is 10.5. The van der Waals surface area contributed by atoms with E-state index in [2.05, 4.69) is 0 Å². The van der Waals surface area contributed by atoms with E-state index in [4.69, 9.17) is 9.76 Å². The molecular formula is C5H7NO5S3. The number of rotatable bonds is 4. The lowest BCUT2D eigenvalue weighted by molar-refractivity contribution is 0.243. The number of hydrogen-bond acceptors (Lipinski definition) is 5. The van der Waals surface area contributed by atoms with Crippen LogP contribution in [0.15, 0.2) is 16.3 Å². The fraction of sp³-hybridized carbons (Fsp3) is 0.200. The summed E-state index contributed by atoms with van der Waals surface area (Å²) in [6.07, 6.45) is 0. The Morgan fingerprint density at radius 2 is 2.14 bits per heavy atom. The van der Waals surface area contributed by atoms with E-state index in [0.717, 1.165) is 11.3 Å². The minimum Gasteiger partial charge on any atom is -0.306 e. The van der Waals surface area contributed by atoms with Crippen LogP contribution in [0.5, 0.6) is 0 Å². The molecule has 0 bridgehead atoms. The molecule has 0 saturated carbocycles. The van der Waals surface area contributed by atoms with Crippen molar-refractivity contribution in [1.29, 1.82) is 0 Å². The van der Waals surface area contributed by atoms with Gasteiger partial charge in [-0.15, -0.1) is 11.3 Å². The zero-order chi connectivity index (χ0) is 10.8. The van der Waals surface area contributed by atoms with Crippen molar-refractivity contribution in [1.82, 2.24) is 4.89 Å². The number of thiophene rings is 1. The molecule has 1 atom stereocenters. The van der Waals surface area contributed by atoms with Crippen molar-refractivity contribution in [3.05, 3.63) is 17.0 Å². The van der Waals surface area contributed by atoms with Crippen molar-refractivity contribution in [3.8, 4) is 0 Å². The fourth-order valence-electron chi connectivity index (χ4n) is 0.747. The van der Waals surface area contributed by atoms with Crippen LogP contribution in [0.1, 0.15) is 4.88 Å². The molecule has 0 amide bonds. The van der Waals surface area contributed by atoms with E-state index in [1.807, 2.05) is 0 Å². The topological polar surface area (TPSA) is 104 Å². The van der Waals surface area contributed by atoms with Crippen molar-refractivity contribution in [2.45, 2.75) is 9.96 Å². The highest BCUT2D eigenvalue weighted by Gasteiger charge is 2.15. The molecule has 0 aliphatic carbocycles. The second kappa shape index (κ2) is 4.47. The average molecular weight is 257 g/mol. The van der Waals surface area contributed by atoms with Crippen molar-refractivity contribution in [2.24, 2.45) is 0 Å². The number of sulfonamides is 1. The summed E-state index contributed by atoms with van der Waals surface area (Å²) >= 11 is -1.17. The fourth-order valence-corrected chi connectivity index (χ4v) is 3.36. The molecule has 0 aromatic carbocycles. The van der Waals surface area contributed by atoms with Gasteiger partial charge in [0, 0.05) is 4.88 Å². The van der Waals surface area contributed by atoms with Crippen molar-refractivity contribution in [2.75, 3.05) is 0 Å². The molecule has 0 spiro atoms. The SMILES string of the molecule is O=S(O)Cc1ccc(S(=O)(=O)NO)s1. The van der Waals surface area contributed by atoms with Gasteiger partial charge >= 0.3 is 0 Å². The highest BCUT2D eigenvalue weighted by atomic mass is 32.2. The summed E-state index contributed by atoms with van der Waals surface area (Å²) in [5, 5.41) is 8.30. The Morgan fingerprint density at radius 1 is 1.50 bits per heavy atom. The van der Waals surface area contributed by atoms with Gasteiger partial charge in [-0.3, -0.25) is 0 Å². The second-order valence-electron chi connectivity index (χ2n) is 2.28. The Balaban J connectivity index is 2.94. The Morgan fingerprint density at radius 3 is 2.64 bits per heavy atom. The van der Waals surface area contributed by atoms with Crippen LogP contribution in [0.2, 0.25) is 0 Å². The zero-order valence-corrected chi connectivity index (χ0v) is 9.16. The van der Waals surface area contributed by atoms with Gasteiger partial charge in [-0.2, -0.15) is 0 Å². The predicted molar refractivity (Wildman–Crippen MR) is 50.9 cm³/mol. The molecule has 1 unspecified atom stereocenters. The molecule has 0 saturated heterocycles. The minimum absolute atomic E-state index is 0.0968. The normalized spacial score (nSPS) is 14.1. The van der Waals surface area contributed by atoms with E-state index in [1.165, 1.54) is 17.0 Å². The van der Waals surface area contributed by atoms with Gasteiger partial charge in [-0.05, 0) is 12.1 Å². The molecule has 80 valence electrons. The summed E-state index contributed by atoms with van der Waals surface area (Å²) < 4.78 is 40.9. The summed E-state index contributed by atoms with van der Waals surface area (Å²) in [6.45, 7) is 0. The molecule has 1 rings (SSSR count). The van der Waals surface area contributed by atoms with E-state index in [1.54, 1.807) is 0 Å². The maximum absolute atomic E-state index is 11.0. The maximum Gasteiger partial charge on any atom is 0.271 e. The van der Waals surface area contributed by atoms with Crippen LogP contribution in [0.3, 0.4) is 0 Å². The summed E-state index contributed by atoms with van der Waals surface area (Å²) in [6, 6.07) is 2.68. The maximum atomic E-state index is 11.0.